The van der Waals surface area contributed by atoms with Crippen molar-refractivity contribution < 1.29 is 9.90 Å². The van der Waals surface area contributed by atoms with Crippen LogP contribution in [0.1, 0.15) is 12.8 Å². The number of piperidine rings is 1. The standard InChI is InChI=1S/C12H13N3O3S/c16-10-9-8(3-5-19-9)13-12(14-10)15-4-1-2-7(6-15)11(17)18/h3,5,7H,1-2,4,6H2,(H,17,18)(H,13,14,16). The van der Waals surface area contributed by atoms with Crippen LogP contribution in [0.3, 0.4) is 0 Å². The Morgan fingerprint density at radius 1 is 1.58 bits per heavy atom. The number of aromatic amines is 1. The molecule has 0 spiro atoms. The van der Waals surface area contributed by atoms with E-state index in [0.29, 0.717) is 29.1 Å². The highest BCUT2D eigenvalue weighted by Crippen LogP contribution is 2.22. The number of rotatable bonds is 2. The third-order valence-electron chi connectivity index (χ3n) is 3.37. The van der Waals surface area contributed by atoms with Crippen molar-refractivity contribution in [1.82, 2.24) is 9.97 Å². The van der Waals surface area contributed by atoms with Crippen LogP contribution in [0.15, 0.2) is 16.2 Å². The number of hydrogen-bond acceptors (Lipinski definition) is 5. The van der Waals surface area contributed by atoms with Crippen molar-refractivity contribution in [2.75, 3.05) is 18.0 Å². The molecular weight excluding hydrogens is 266 g/mol. The first kappa shape index (κ1) is 12.2. The number of anilines is 1. The molecule has 1 aliphatic heterocycles. The fraction of sp³-hybridized carbons (Fsp3) is 0.417. The zero-order valence-electron chi connectivity index (χ0n) is 10.1. The molecule has 2 N–H and O–H groups in total. The number of aromatic nitrogens is 2. The Bertz CT molecular complexity index is 678. The van der Waals surface area contributed by atoms with Gasteiger partial charge in [-0.05, 0) is 24.3 Å². The monoisotopic (exact) mass is 279 g/mol. The first-order chi connectivity index (χ1) is 9.15. The summed E-state index contributed by atoms with van der Waals surface area (Å²) in [5, 5.41) is 10.9. The molecule has 100 valence electrons. The predicted octanol–water partition coefficient (Wildman–Crippen LogP) is 1.29. The van der Waals surface area contributed by atoms with Crippen molar-refractivity contribution in [2.45, 2.75) is 12.8 Å². The van der Waals surface area contributed by atoms with Crippen molar-refractivity contribution in [3.05, 3.63) is 21.8 Å². The Kier molecular flexibility index (Phi) is 2.98. The number of thiophene rings is 1. The minimum Gasteiger partial charge on any atom is -0.481 e. The first-order valence-electron chi connectivity index (χ1n) is 6.10. The summed E-state index contributed by atoms with van der Waals surface area (Å²) in [6, 6.07) is 1.80. The van der Waals surface area contributed by atoms with Gasteiger partial charge in [-0.3, -0.25) is 14.6 Å². The number of nitrogens with one attached hydrogen (secondary N) is 1. The van der Waals surface area contributed by atoms with Gasteiger partial charge in [-0.15, -0.1) is 11.3 Å². The molecule has 6 nitrogen and oxygen atoms in total. The molecule has 19 heavy (non-hydrogen) atoms. The van der Waals surface area contributed by atoms with Gasteiger partial charge in [0.1, 0.15) is 4.70 Å². The molecule has 2 aromatic heterocycles. The van der Waals surface area contributed by atoms with E-state index in [0.717, 1.165) is 13.0 Å². The Morgan fingerprint density at radius 2 is 2.42 bits per heavy atom. The van der Waals surface area contributed by atoms with Crippen LogP contribution in [0.2, 0.25) is 0 Å². The fourth-order valence-electron chi connectivity index (χ4n) is 2.38. The normalized spacial score (nSPS) is 19.8. The summed E-state index contributed by atoms with van der Waals surface area (Å²) in [6.07, 6.45) is 1.47. The van der Waals surface area contributed by atoms with Gasteiger partial charge in [0.25, 0.3) is 5.56 Å². The van der Waals surface area contributed by atoms with E-state index in [1.807, 2.05) is 10.3 Å². The highest BCUT2D eigenvalue weighted by molar-refractivity contribution is 7.17. The third-order valence-corrected chi connectivity index (χ3v) is 4.27. The van der Waals surface area contributed by atoms with Gasteiger partial charge in [-0.1, -0.05) is 0 Å². The molecular formula is C12H13N3O3S. The number of carboxylic acids is 1. The van der Waals surface area contributed by atoms with Crippen LogP contribution >= 0.6 is 11.3 Å². The van der Waals surface area contributed by atoms with Gasteiger partial charge >= 0.3 is 5.97 Å². The van der Waals surface area contributed by atoms with E-state index in [2.05, 4.69) is 9.97 Å². The molecule has 3 rings (SSSR count). The van der Waals surface area contributed by atoms with E-state index in [1.165, 1.54) is 11.3 Å². The molecule has 0 aliphatic carbocycles. The van der Waals surface area contributed by atoms with Gasteiger partial charge in [0.15, 0.2) is 0 Å². The summed E-state index contributed by atoms with van der Waals surface area (Å²) < 4.78 is 0.607. The van der Waals surface area contributed by atoms with Crippen LogP contribution < -0.4 is 10.5 Å². The summed E-state index contributed by atoms with van der Waals surface area (Å²) in [5.41, 5.74) is 0.508. The Labute approximate surface area is 112 Å². The molecule has 7 heteroatoms. The van der Waals surface area contributed by atoms with Gasteiger partial charge in [0, 0.05) is 13.1 Å². The van der Waals surface area contributed by atoms with E-state index in [4.69, 9.17) is 5.11 Å². The van der Waals surface area contributed by atoms with E-state index in [1.54, 1.807) is 6.07 Å². The highest BCUT2D eigenvalue weighted by Gasteiger charge is 2.26. The fourth-order valence-corrected chi connectivity index (χ4v) is 3.11. The molecule has 1 saturated heterocycles. The summed E-state index contributed by atoms with van der Waals surface area (Å²) >= 11 is 1.36. The largest absolute Gasteiger partial charge is 0.481 e. The number of fused-ring (bicyclic) bond motifs is 1. The molecule has 1 unspecified atom stereocenters. The lowest BCUT2D eigenvalue weighted by atomic mass is 9.99. The number of nitrogens with zero attached hydrogens (tertiary/aromatic N) is 2. The second kappa shape index (κ2) is 4.65. The molecule has 2 aromatic rings. The average Bonchev–Trinajstić information content (AvgIpc) is 2.87. The van der Waals surface area contributed by atoms with Crippen molar-refractivity contribution >= 4 is 33.5 Å². The summed E-state index contributed by atoms with van der Waals surface area (Å²) in [4.78, 5) is 31.9. The molecule has 0 saturated carbocycles. The maximum atomic E-state index is 11.9. The maximum absolute atomic E-state index is 11.9. The smallest absolute Gasteiger partial charge is 0.308 e. The van der Waals surface area contributed by atoms with E-state index in [-0.39, 0.29) is 5.56 Å². The second-order valence-electron chi connectivity index (χ2n) is 4.65. The minimum absolute atomic E-state index is 0.160. The molecule has 0 amide bonds. The van der Waals surface area contributed by atoms with Crippen molar-refractivity contribution in [3.63, 3.8) is 0 Å². The molecule has 0 bridgehead atoms. The summed E-state index contributed by atoms with van der Waals surface area (Å²) in [7, 11) is 0. The third kappa shape index (κ3) is 2.21. The first-order valence-corrected chi connectivity index (χ1v) is 6.98. The van der Waals surface area contributed by atoms with Crippen molar-refractivity contribution in [1.29, 1.82) is 0 Å². The van der Waals surface area contributed by atoms with Gasteiger partial charge < -0.3 is 10.0 Å². The quantitative estimate of drug-likeness (QED) is 0.865. The lowest BCUT2D eigenvalue weighted by Crippen LogP contribution is -2.40. The minimum atomic E-state index is -0.788. The van der Waals surface area contributed by atoms with Gasteiger partial charge in [-0.2, -0.15) is 0 Å². The lowest BCUT2D eigenvalue weighted by molar-refractivity contribution is -0.141. The van der Waals surface area contributed by atoms with Crippen molar-refractivity contribution in [2.24, 2.45) is 5.92 Å². The SMILES string of the molecule is O=C(O)C1CCCN(c2nc3ccsc3c(=O)[nH]2)C1. The Morgan fingerprint density at radius 3 is 3.21 bits per heavy atom. The zero-order chi connectivity index (χ0) is 13.4. The Balaban J connectivity index is 1.95. The highest BCUT2D eigenvalue weighted by atomic mass is 32.1. The number of H-pyrrole nitrogens is 1. The van der Waals surface area contributed by atoms with Crippen LogP contribution in [0, 0.1) is 5.92 Å². The number of carbonyl (C=O) groups is 1. The molecule has 0 radical (unpaired) electrons. The van der Waals surface area contributed by atoms with E-state index < -0.39 is 11.9 Å². The van der Waals surface area contributed by atoms with Crippen LogP contribution in [-0.2, 0) is 4.79 Å². The maximum Gasteiger partial charge on any atom is 0.308 e. The zero-order valence-corrected chi connectivity index (χ0v) is 10.9. The summed E-state index contributed by atoms with van der Waals surface area (Å²) in [5.74, 6) is -0.706. The molecule has 1 fully saturated rings. The van der Waals surface area contributed by atoms with Crippen LogP contribution in [0.4, 0.5) is 5.95 Å². The Hall–Kier alpha value is -1.89. The van der Waals surface area contributed by atoms with Gasteiger partial charge in [0.05, 0.1) is 11.4 Å². The van der Waals surface area contributed by atoms with Crippen molar-refractivity contribution in [3.8, 4) is 0 Å². The summed E-state index contributed by atoms with van der Waals surface area (Å²) in [6.45, 7) is 1.12. The lowest BCUT2D eigenvalue weighted by Gasteiger charge is -2.30. The van der Waals surface area contributed by atoms with Gasteiger partial charge in [-0.25, -0.2) is 4.98 Å². The van der Waals surface area contributed by atoms with Gasteiger partial charge in [0.2, 0.25) is 5.95 Å². The molecule has 1 aliphatic rings. The van der Waals surface area contributed by atoms with E-state index >= 15 is 0 Å². The van der Waals surface area contributed by atoms with E-state index in [9.17, 15) is 9.59 Å². The van der Waals surface area contributed by atoms with Crippen LogP contribution in [0.5, 0.6) is 0 Å². The molecule has 1 atom stereocenters. The van der Waals surface area contributed by atoms with Crippen LogP contribution in [0.25, 0.3) is 10.2 Å². The second-order valence-corrected chi connectivity index (χ2v) is 5.56. The van der Waals surface area contributed by atoms with Crippen LogP contribution in [-0.4, -0.2) is 34.1 Å². The molecule has 0 aromatic carbocycles. The predicted molar refractivity (Wildman–Crippen MR) is 72.8 cm³/mol. The number of carboxylic acid groups (broad SMARTS) is 1. The number of hydrogen-bond donors (Lipinski definition) is 2. The topological polar surface area (TPSA) is 86.3 Å². The number of aliphatic carboxylic acids is 1. The average molecular weight is 279 g/mol. The molecule has 3 heterocycles.